The molecule has 3 aromatic heterocycles. The third kappa shape index (κ3) is 4.42. The quantitative estimate of drug-likeness (QED) is 0.481. The number of carbonyl (C=O) groups is 2. The second-order valence-electron chi connectivity index (χ2n) is 7.78. The number of carbonyl (C=O) groups excluding carboxylic acids is 2. The third-order valence-corrected chi connectivity index (χ3v) is 6.42. The molecular formula is C23H20FN7O2S. The third-order valence-electron chi connectivity index (χ3n) is 5.61. The SMILES string of the molecule is CC(=O)N1CCN(C(=O)c2ccc(Nc3ncc(F)c(-c4ccc5scnc5c4)n3)nc2)CC1. The summed E-state index contributed by atoms with van der Waals surface area (Å²) in [6.45, 7) is 3.54. The first kappa shape index (κ1) is 21.8. The Balaban J connectivity index is 1.29. The molecule has 0 radical (unpaired) electrons. The van der Waals surface area contributed by atoms with E-state index >= 15 is 0 Å². The van der Waals surface area contributed by atoms with E-state index in [0.29, 0.717) is 43.1 Å². The number of fused-ring (bicyclic) bond motifs is 1. The normalized spacial score (nSPS) is 13.8. The number of hydrogen-bond donors (Lipinski definition) is 1. The van der Waals surface area contributed by atoms with E-state index in [0.717, 1.165) is 16.4 Å². The van der Waals surface area contributed by atoms with Crippen LogP contribution in [0.5, 0.6) is 0 Å². The lowest BCUT2D eigenvalue weighted by Gasteiger charge is -2.34. The van der Waals surface area contributed by atoms with Gasteiger partial charge < -0.3 is 15.1 Å². The molecule has 34 heavy (non-hydrogen) atoms. The number of nitrogens with zero attached hydrogens (tertiary/aromatic N) is 6. The van der Waals surface area contributed by atoms with Gasteiger partial charge in [-0.05, 0) is 24.3 Å². The number of rotatable bonds is 4. The molecular weight excluding hydrogens is 457 g/mol. The monoisotopic (exact) mass is 477 g/mol. The molecule has 4 aromatic rings. The molecule has 1 fully saturated rings. The van der Waals surface area contributed by atoms with Crippen LogP contribution in [-0.4, -0.2) is 67.7 Å². The van der Waals surface area contributed by atoms with Gasteiger partial charge in [0.1, 0.15) is 11.5 Å². The molecule has 1 N–H and O–H groups in total. The largest absolute Gasteiger partial charge is 0.339 e. The summed E-state index contributed by atoms with van der Waals surface area (Å²) >= 11 is 1.51. The van der Waals surface area contributed by atoms with Gasteiger partial charge in [0.2, 0.25) is 11.9 Å². The molecule has 0 spiro atoms. The number of aromatic nitrogens is 4. The van der Waals surface area contributed by atoms with Gasteiger partial charge in [0.05, 0.1) is 27.5 Å². The van der Waals surface area contributed by atoms with E-state index in [1.54, 1.807) is 39.6 Å². The van der Waals surface area contributed by atoms with Crippen LogP contribution >= 0.6 is 11.3 Å². The van der Waals surface area contributed by atoms with Crippen molar-refractivity contribution < 1.29 is 14.0 Å². The standard InChI is InChI=1S/C23H20FN7O2S/c1-14(32)30-6-8-31(9-7-30)22(33)16-3-5-20(25-11-16)28-23-26-12-17(24)21(29-23)15-2-4-19-18(10-15)27-13-34-19/h2-5,10-13H,6-9H2,1H3,(H,25,26,28,29). The molecule has 0 unspecified atom stereocenters. The average molecular weight is 478 g/mol. The van der Waals surface area contributed by atoms with Crippen LogP contribution in [0.25, 0.3) is 21.5 Å². The molecule has 1 aliphatic rings. The Labute approximate surface area is 198 Å². The second kappa shape index (κ2) is 9.10. The van der Waals surface area contributed by atoms with Gasteiger partial charge in [-0.3, -0.25) is 9.59 Å². The van der Waals surface area contributed by atoms with Gasteiger partial charge in [0, 0.05) is 44.9 Å². The highest BCUT2D eigenvalue weighted by atomic mass is 32.1. The minimum absolute atomic E-state index is 0.0130. The summed E-state index contributed by atoms with van der Waals surface area (Å²) in [5.41, 5.74) is 3.71. The van der Waals surface area contributed by atoms with Crippen molar-refractivity contribution in [3.63, 3.8) is 0 Å². The van der Waals surface area contributed by atoms with Gasteiger partial charge in [-0.25, -0.2) is 24.3 Å². The minimum Gasteiger partial charge on any atom is -0.339 e. The van der Waals surface area contributed by atoms with Gasteiger partial charge in [-0.2, -0.15) is 0 Å². The summed E-state index contributed by atoms with van der Waals surface area (Å²) in [6.07, 6.45) is 2.58. The molecule has 0 bridgehead atoms. The minimum atomic E-state index is -0.543. The molecule has 1 aliphatic heterocycles. The van der Waals surface area contributed by atoms with Crippen LogP contribution in [-0.2, 0) is 4.79 Å². The number of hydrogen-bond acceptors (Lipinski definition) is 8. The number of amides is 2. The van der Waals surface area contributed by atoms with Crippen molar-refractivity contribution in [1.82, 2.24) is 29.7 Å². The van der Waals surface area contributed by atoms with Crippen molar-refractivity contribution in [3.05, 3.63) is 59.6 Å². The summed E-state index contributed by atoms with van der Waals surface area (Å²) < 4.78 is 15.5. The molecule has 0 atom stereocenters. The lowest BCUT2D eigenvalue weighted by molar-refractivity contribution is -0.130. The van der Waals surface area contributed by atoms with Crippen LogP contribution in [0.1, 0.15) is 17.3 Å². The van der Waals surface area contributed by atoms with E-state index in [1.165, 1.54) is 24.5 Å². The molecule has 2 amide bonds. The van der Waals surface area contributed by atoms with Gasteiger partial charge >= 0.3 is 0 Å². The second-order valence-corrected chi connectivity index (χ2v) is 8.67. The first-order valence-electron chi connectivity index (χ1n) is 10.6. The molecule has 4 heterocycles. The number of halogens is 1. The Morgan fingerprint density at radius 2 is 1.79 bits per heavy atom. The zero-order valence-corrected chi connectivity index (χ0v) is 19.0. The first-order chi connectivity index (χ1) is 16.5. The Morgan fingerprint density at radius 1 is 1.00 bits per heavy atom. The maximum absolute atomic E-state index is 14.5. The summed E-state index contributed by atoms with van der Waals surface area (Å²) in [4.78, 5) is 44.5. The Hall–Kier alpha value is -3.99. The van der Waals surface area contributed by atoms with Crippen molar-refractivity contribution in [2.24, 2.45) is 0 Å². The molecule has 5 rings (SSSR count). The zero-order valence-electron chi connectivity index (χ0n) is 18.2. The van der Waals surface area contributed by atoms with Gasteiger partial charge in [0.15, 0.2) is 5.82 Å². The summed E-state index contributed by atoms with van der Waals surface area (Å²) in [6, 6.07) is 8.77. The number of anilines is 2. The fourth-order valence-electron chi connectivity index (χ4n) is 3.75. The molecule has 9 nitrogen and oxygen atoms in total. The average Bonchev–Trinajstić information content (AvgIpc) is 3.33. The lowest BCUT2D eigenvalue weighted by Crippen LogP contribution is -2.50. The molecule has 0 aliphatic carbocycles. The van der Waals surface area contributed by atoms with Gasteiger partial charge in [-0.1, -0.05) is 6.07 Å². The maximum atomic E-state index is 14.5. The Bertz CT molecular complexity index is 1370. The van der Waals surface area contributed by atoms with Crippen molar-refractivity contribution in [2.75, 3.05) is 31.5 Å². The van der Waals surface area contributed by atoms with Crippen LogP contribution in [0.4, 0.5) is 16.2 Å². The number of benzene rings is 1. The van der Waals surface area contributed by atoms with E-state index in [2.05, 4.69) is 25.3 Å². The summed E-state index contributed by atoms with van der Waals surface area (Å²) in [5.74, 6) is -0.0647. The Morgan fingerprint density at radius 3 is 2.53 bits per heavy atom. The van der Waals surface area contributed by atoms with E-state index < -0.39 is 5.82 Å². The van der Waals surface area contributed by atoms with E-state index in [4.69, 9.17) is 0 Å². The molecule has 11 heteroatoms. The Kier molecular flexibility index (Phi) is 5.84. The topological polar surface area (TPSA) is 104 Å². The number of pyridine rings is 1. The highest BCUT2D eigenvalue weighted by Crippen LogP contribution is 2.27. The van der Waals surface area contributed by atoms with Gasteiger partial charge in [-0.15, -0.1) is 11.3 Å². The summed E-state index contributed by atoms with van der Waals surface area (Å²) in [5, 5.41) is 2.95. The van der Waals surface area contributed by atoms with E-state index in [1.807, 2.05) is 6.07 Å². The van der Waals surface area contributed by atoms with Crippen LogP contribution in [0, 0.1) is 5.82 Å². The van der Waals surface area contributed by atoms with E-state index in [-0.39, 0.29) is 23.5 Å². The predicted molar refractivity (Wildman–Crippen MR) is 126 cm³/mol. The smallest absolute Gasteiger partial charge is 0.255 e. The molecule has 1 saturated heterocycles. The molecule has 1 aromatic carbocycles. The highest BCUT2D eigenvalue weighted by Gasteiger charge is 2.23. The first-order valence-corrected chi connectivity index (χ1v) is 11.5. The van der Waals surface area contributed by atoms with E-state index in [9.17, 15) is 14.0 Å². The maximum Gasteiger partial charge on any atom is 0.255 e. The van der Waals surface area contributed by atoms with Crippen molar-refractivity contribution in [2.45, 2.75) is 6.92 Å². The van der Waals surface area contributed by atoms with Crippen molar-refractivity contribution in [3.8, 4) is 11.3 Å². The van der Waals surface area contributed by atoms with Gasteiger partial charge in [0.25, 0.3) is 5.91 Å². The molecule has 0 saturated carbocycles. The van der Waals surface area contributed by atoms with Crippen molar-refractivity contribution >= 4 is 45.1 Å². The van der Waals surface area contributed by atoms with Crippen molar-refractivity contribution in [1.29, 1.82) is 0 Å². The van der Waals surface area contributed by atoms with Crippen LogP contribution in [0.3, 0.4) is 0 Å². The highest BCUT2D eigenvalue weighted by molar-refractivity contribution is 7.16. The number of piperazine rings is 1. The fraction of sp³-hybridized carbons (Fsp3) is 0.217. The van der Waals surface area contributed by atoms with Crippen LogP contribution < -0.4 is 5.32 Å². The molecule has 172 valence electrons. The zero-order chi connectivity index (χ0) is 23.7. The fourth-order valence-corrected chi connectivity index (χ4v) is 4.41. The predicted octanol–water partition coefficient (Wildman–Crippen LogP) is 3.34. The number of thiazole rings is 1. The number of nitrogens with one attached hydrogen (secondary N) is 1. The summed E-state index contributed by atoms with van der Waals surface area (Å²) in [7, 11) is 0. The van der Waals surface area contributed by atoms with Crippen LogP contribution in [0.2, 0.25) is 0 Å². The lowest BCUT2D eigenvalue weighted by atomic mass is 10.1. The van der Waals surface area contributed by atoms with Crippen LogP contribution in [0.15, 0.2) is 48.2 Å².